The van der Waals surface area contributed by atoms with Crippen molar-refractivity contribution in [3.63, 3.8) is 0 Å². The summed E-state index contributed by atoms with van der Waals surface area (Å²) in [4.78, 5) is 20.2. The molecule has 0 saturated heterocycles. The highest BCUT2D eigenvalue weighted by Crippen LogP contribution is 2.23. The molecule has 0 saturated carbocycles. The van der Waals surface area contributed by atoms with Crippen LogP contribution in [-0.2, 0) is 0 Å². The molecule has 1 amide bonds. The van der Waals surface area contributed by atoms with E-state index in [1.807, 2.05) is 26.0 Å². The fourth-order valence-corrected chi connectivity index (χ4v) is 1.77. The number of aryl methyl sites for hydroxylation is 2. The van der Waals surface area contributed by atoms with Crippen LogP contribution in [0.15, 0.2) is 24.4 Å². The summed E-state index contributed by atoms with van der Waals surface area (Å²) < 4.78 is 10.0. The van der Waals surface area contributed by atoms with Gasteiger partial charge in [0, 0.05) is 5.56 Å². The van der Waals surface area contributed by atoms with E-state index in [4.69, 9.17) is 9.47 Å². The Morgan fingerprint density at radius 2 is 1.90 bits per heavy atom. The van der Waals surface area contributed by atoms with E-state index in [9.17, 15) is 4.79 Å². The Morgan fingerprint density at radius 3 is 2.52 bits per heavy atom. The molecule has 1 N–H and O–H groups in total. The predicted octanol–water partition coefficient (Wildman–Crippen LogP) is 2.36. The number of carbonyl (C=O) groups excluding carboxylic acids is 1. The number of nitrogens with one attached hydrogen (secondary N) is 1. The number of benzene rings is 1. The Bertz CT molecular complexity index is 671. The van der Waals surface area contributed by atoms with Crippen molar-refractivity contribution in [2.24, 2.45) is 0 Å². The minimum Gasteiger partial charge on any atom is -0.479 e. The molecule has 0 unspecified atom stereocenters. The lowest BCUT2D eigenvalue weighted by molar-refractivity contribution is 0.102. The smallest absolute Gasteiger partial charge is 0.319 e. The summed E-state index contributed by atoms with van der Waals surface area (Å²) in [6.45, 7) is 3.96. The first-order chi connectivity index (χ1) is 10.0. The molecule has 0 atom stereocenters. The normalized spacial score (nSPS) is 10.1. The summed E-state index contributed by atoms with van der Waals surface area (Å²) in [5.41, 5.74) is 3.15. The molecule has 0 bridgehead atoms. The number of carbonyl (C=O) groups is 1. The monoisotopic (exact) mass is 287 g/mol. The Hall–Kier alpha value is -2.63. The maximum Gasteiger partial charge on any atom is 0.319 e. The molecule has 0 aliphatic heterocycles. The molecule has 0 spiro atoms. The minimum atomic E-state index is -0.245. The van der Waals surface area contributed by atoms with E-state index in [2.05, 4.69) is 15.3 Å². The molecular weight excluding hydrogens is 270 g/mol. The van der Waals surface area contributed by atoms with Crippen molar-refractivity contribution < 1.29 is 14.3 Å². The molecule has 0 aliphatic carbocycles. The Labute approximate surface area is 123 Å². The van der Waals surface area contributed by atoms with Gasteiger partial charge in [0.05, 0.1) is 20.4 Å². The van der Waals surface area contributed by atoms with Crippen LogP contribution in [0.25, 0.3) is 0 Å². The number of ether oxygens (including phenoxy) is 2. The fourth-order valence-electron chi connectivity index (χ4n) is 1.77. The van der Waals surface area contributed by atoms with Gasteiger partial charge in [0.25, 0.3) is 5.91 Å². The van der Waals surface area contributed by atoms with Crippen molar-refractivity contribution in [2.75, 3.05) is 19.5 Å². The van der Waals surface area contributed by atoms with Gasteiger partial charge in [-0.2, -0.15) is 4.98 Å². The average Bonchev–Trinajstić information content (AvgIpc) is 2.50. The Balaban J connectivity index is 2.24. The van der Waals surface area contributed by atoms with Crippen molar-refractivity contribution in [3.8, 4) is 11.9 Å². The van der Waals surface area contributed by atoms with Gasteiger partial charge in [-0.05, 0) is 37.1 Å². The van der Waals surface area contributed by atoms with Crippen LogP contribution in [-0.4, -0.2) is 30.1 Å². The lowest BCUT2D eigenvalue weighted by Gasteiger charge is -2.10. The zero-order chi connectivity index (χ0) is 15.4. The number of rotatable bonds is 4. The largest absolute Gasteiger partial charge is 0.479 e. The van der Waals surface area contributed by atoms with Gasteiger partial charge >= 0.3 is 6.01 Å². The average molecular weight is 287 g/mol. The van der Waals surface area contributed by atoms with Crippen molar-refractivity contribution in [1.82, 2.24) is 9.97 Å². The highest BCUT2D eigenvalue weighted by molar-refractivity contribution is 6.04. The van der Waals surface area contributed by atoms with Gasteiger partial charge in [-0.15, -0.1) is 0 Å². The Morgan fingerprint density at radius 1 is 1.14 bits per heavy atom. The number of nitrogens with zero attached hydrogens (tertiary/aromatic N) is 2. The molecule has 21 heavy (non-hydrogen) atoms. The van der Waals surface area contributed by atoms with Crippen LogP contribution in [0.5, 0.6) is 11.9 Å². The summed E-state index contributed by atoms with van der Waals surface area (Å²) in [7, 11) is 2.93. The van der Waals surface area contributed by atoms with Crippen LogP contribution in [0.4, 0.5) is 5.69 Å². The number of anilines is 1. The maximum atomic E-state index is 12.2. The molecule has 2 rings (SSSR count). The molecular formula is C15H17N3O3. The van der Waals surface area contributed by atoms with E-state index < -0.39 is 0 Å². The van der Waals surface area contributed by atoms with E-state index in [0.29, 0.717) is 11.3 Å². The van der Waals surface area contributed by atoms with Crippen LogP contribution in [0, 0.1) is 13.8 Å². The van der Waals surface area contributed by atoms with Crippen LogP contribution < -0.4 is 14.8 Å². The lowest BCUT2D eigenvalue weighted by Crippen LogP contribution is -2.14. The molecule has 0 fully saturated rings. The van der Waals surface area contributed by atoms with Crippen molar-refractivity contribution >= 4 is 11.6 Å². The first-order valence-electron chi connectivity index (χ1n) is 6.38. The number of amides is 1. The SMILES string of the molecule is COc1ncc(NC(=O)c2ccc(C)c(C)c2)c(OC)n1. The van der Waals surface area contributed by atoms with Gasteiger partial charge in [-0.25, -0.2) is 4.98 Å². The van der Waals surface area contributed by atoms with Gasteiger partial charge < -0.3 is 14.8 Å². The molecule has 1 heterocycles. The van der Waals surface area contributed by atoms with E-state index in [1.54, 1.807) is 6.07 Å². The second-order valence-corrected chi connectivity index (χ2v) is 4.53. The third kappa shape index (κ3) is 3.28. The molecule has 0 radical (unpaired) electrons. The zero-order valence-electron chi connectivity index (χ0n) is 12.4. The topological polar surface area (TPSA) is 73.3 Å². The molecule has 1 aromatic carbocycles. The third-order valence-electron chi connectivity index (χ3n) is 3.12. The standard InChI is InChI=1S/C15H17N3O3/c1-9-5-6-11(7-10(9)2)13(19)17-12-8-16-15(21-4)18-14(12)20-3/h5-8H,1-4H3,(H,17,19). The maximum absolute atomic E-state index is 12.2. The molecule has 1 aromatic heterocycles. The van der Waals surface area contributed by atoms with Crippen LogP contribution >= 0.6 is 0 Å². The van der Waals surface area contributed by atoms with E-state index in [0.717, 1.165) is 11.1 Å². The summed E-state index contributed by atoms with van der Waals surface area (Å²) in [5.74, 6) is 0.00389. The Kier molecular flexibility index (Phi) is 4.37. The highest BCUT2D eigenvalue weighted by atomic mass is 16.5. The van der Waals surface area contributed by atoms with Crippen molar-refractivity contribution in [2.45, 2.75) is 13.8 Å². The quantitative estimate of drug-likeness (QED) is 0.934. The number of hydrogen-bond donors (Lipinski definition) is 1. The minimum absolute atomic E-state index is 0.177. The summed E-state index contributed by atoms with van der Waals surface area (Å²) in [5, 5.41) is 2.73. The van der Waals surface area contributed by atoms with E-state index in [1.165, 1.54) is 20.4 Å². The zero-order valence-corrected chi connectivity index (χ0v) is 12.4. The van der Waals surface area contributed by atoms with Gasteiger partial charge in [-0.1, -0.05) is 6.07 Å². The predicted molar refractivity (Wildman–Crippen MR) is 79.0 cm³/mol. The first-order valence-corrected chi connectivity index (χ1v) is 6.38. The van der Waals surface area contributed by atoms with Gasteiger partial charge in [0.1, 0.15) is 5.69 Å². The van der Waals surface area contributed by atoms with Crippen LogP contribution in [0.3, 0.4) is 0 Å². The molecule has 2 aromatic rings. The lowest BCUT2D eigenvalue weighted by atomic mass is 10.1. The molecule has 0 aliphatic rings. The fraction of sp³-hybridized carbons (Fsp3) is 0.267. The second kappa shape index (κ2) is 6.21. The van der Waals surface area contributed by atoms with Gasteiger partial charge in [-0.3, -0.25) is 4.79 Å². The van der Waals surface area contributed by atoms with E-state index >= 15 is 0 Å². The van der Waals surface area contributed by atoms with E-state index in [-0.39, 0.29) is 17.8 Å². The van der Waals surface area contributed by atoms with Gasteiger partial charge in [0.15, 0.2) is 0 Å². The third-order valence-corrected chi connectivity index (χ3v) is 3.12. The van der Waals surface area contributed by atoms with Crippen LogP contribution in [0.2, 0.25) is 0 Å². The molecule has 6 nitrogen and oxygen atoms in total. The highest BCUT2D eigenvalue weighted by Gasteiger charge is 2.13. The first kappa shape index (κ1) is 14.8. The summed E-state index contributed by atoms with van der Waals surface area (Å²) in [6.07, 6.45) is 1.45. The molecule has 110 valence electrons. The molecule has 6 heteroatoms. The number of aromatic nitrogens is 2. The number of methoxy groups -OCH3 is 2. The number of hydrogen-bond acceptors (Lipinski definition) is 5. The van der Waals surface area contributed by atoms with Crippen LogP contribution in [0.1, 0.15) is 21.5 Å². The van der Waals surface area contributed by atoms with Crippen molar-refractivity contribution in [1.29, 1.82) is 0 Å². The second-order valence-electron chi connectivity index (χ2n) is 4.53. The summed E-state index contributed by atoms with van der Waals surface area (Å²) in [6, 6.07) is 5.69. The van der Waals surface area contributed by atoms with Gasteiger partial charge in [0.2, 0.25) is 5.88 Å². The van der Waals surface area contributed by atoms with Crippen molar-refractivity contribution in [3.05, 3.63) is 41.1 Å². The summed E-state index contributed by atoms with van der Waals surface area (Å²) >= 11 is 0.